The number of imidazole rings is 1. The third kappa shape index (κ3) is 3.40. The van der Waals surface area contributed by atoms with Gasteiger partial charge in [-0.15, -0.1) is 0 Å². The molecule has 0 unspecified atom stereocenters. The molecule has 0 saturated heterocycles. The molecule has 2 heteroatoms. The summed E-state index contributed by atoms with van der Waals surface area (Å²) in [5.74, 6) is -0.228. The summed E-state index contributed by atoms with van der Waals surface area (Å²) in [5.41, 5.74) is 0.443. The molecule has 0 aliphatic rings. The van der Waals surface area contributed by atoms with Crippen LogP contribution in [-0.2, 0) is 0 Å². The Morgan fingerprint density at radius 3 is 1.90 bits per heavy atom. The van der Waals surface area contributed by atoms with Crippen LogP contribution in [0.5, 0.6) is 0 Å². The van der Waals surface area contributed by atoms with Crippen molar-refractivity contribution in [2.75, 3.05) is 0 Å². The Morgan fingerprint density at radius 2 is 1.20 bits per heavy atom. The van der Waals surface area contributed by atoms with E-state index in [0.717, 1.165) is 0 Å². The van der Waals surface area contributed by atoms with E-state index in [1.807, 2.05) is 0 Å². The molecule has 8 aromatic rings. The van der Waals surface area contributed by atoms with Crippen molar-refractivity contribution >= 4 is 43.4 Å². The van der Waals surface area contributed by atoms with Crippen LogP contribution in [-0.4, -0.2) is 9.55 Å². The van der Waals surface area contributed by atoms with Gasteiger partial charge in [0.15, 0.2) is 0 Å². The molecule has 8 rings (SSSR count). The topological polar surface area (TPSA) is 17.8 Å². The lowest BCUT2D eigenvalue weighted by Gasteiger charge is -2.19. The highest BCUT2D eigenvalue weighted by Crippen LogP contribution is 2.45. The average molecular weight is 529 g/mol. The maximum absolute atomic E-state index is 9.26. The van der Waals surface area contributed by atoms with Crippen molar-refractivity contribution in [1.82, 2.24) is 9.55 Å². The lowest BCUT2D eigenvalue weighted by atomic mass is 9.85. The fourth-order valence-corrected chi connectivity index (χ4v) is 5.23. The highest BCUT2D eigenvalue weighted by molar-refractivity contribution is 6.23. The molecule has 0 fully saturated rings. The number of aryl methyl sites for hydroxylation is 1. The molecule has 1 aromatic heterocycles. The Bertz CT molecular complexity index is 3060. The van der Waals surface area contributed by atoms with Crippen molar-refractivity contribution in [1.29, 1.82) is 0 Å². The maximum Gasteiger partial charge on any atom is 0.111 e. The smallest absolute Gasteiger partial charge is 0.111 e. The van der Waals surface area contributed by atoms with E-state index >= 15 is 0 Å². The molecule has 0 bridgehead atoms. The van der Waals surface area contributed by atoms with Crippen LogP contribution in [0.1, 0.15) is 30.5 Å². The third-order valence-corrected chi connectivity index (χ3v) is 6.91. The Balaban J connectivity index is 1.62. The number of hydrogen-bond acceptors (Lipinski definition) is 1. The highest BCUT2D eigenvalue weighted by Gasteiger charge is 2.18. The first kappa shape index (κ1) is 11.1. The number of rotatable bonds is 3. The van der Waals surface area contributed by atoms with E-state index in [1.54, 1.807) is 24.3 Å². The van der Waals surface area contributed by atoms with E-state index < -0.39 is 119 Å². The number of nitrogens with zero attached hydrogens (tertiary/aromatic N) is 2. The van der Waals surface area contributed by atoms with Crippen LogP contribution >= 0.6 is 0 Å². The standard InChI is InChI=1S/C38H26N2/c1-25-39-35-19-8-9-20-36(35)40(25)28-23-21-27(22-24-28)37-31-14-4-6-16-33(31)38(34-17-7-5-15-32(34)37)30-18-10-12-26-11-2-3-13-29(26)30/h2-24H,1H3/i1D3,2D,3D,4D,5D,6D,7D,10D,11D,12D,13D,14D,15D,16D,17D,18D. The molecule has 2 nitrogen and oxygen atoms in total. The van der Waals surface area contributed by atoms with Gasteiger partial charge in [-0.25, -0.2) is 4.98 Å². The normalized spacial score (nSPS) is 18.3. The fraction of sp³-hybridized carbons (Fsp3) is 0.0263. The number of fused-ring (bicyclic) bond motifs is 4. The predicted octanol–water partition coefficient (Wildman–Crippen LogP) is 10.1. The van der Waals surface area contributed by atoms with E-state index in [0.29, 0.717) is 16.7 Å². The molecule has 7 aromatic carbocycles. The minimum Gasteiger partial charge on any atom is -0.297 e. The van der Waals surface area contributed by atoms with Gasteiger partial charge >= 0.3 is 0 Å². The molecular weight excluding hydrogens is 484 g/mol. The van der Waals surface area contributed by atoms with E-state index in [-0.39, 0.29) is 38.5 Å². The Kier molecular flexibility index (Phi) is 2.48. The Morgan fingerprint density at radius 1 is 0.600 bits per heavy atom. The number of benzene rings is 7. The van der Waals surface area contributed by atoms with Gasteiger partial charge in [0.25, 0.3) is 0 Å². The lowest BCUT2D eigenvalue weighted by molar-refractivity contribution is 1.00. The van der Waals surface area contributed by atoms with E-state index in [4.69, 9.17) is 17.8 Å². The van der Waals surface area contributed by atoms with Crippen LogP contribution in [0.25, 0.3) is 71.3 Å². The number of aromatic nitrogens is 2. The zero-order valence-electron chi connectivity index (χ0n) is 38.5. The summed E-state index contributed by atoms with van der Waals surface area (Å²) >= 11 is 0. The summed E-state index contributed by atoms with van der Waals surface area (Å²) < 4.78 is 159. The van der Waals surface area contributed by atoms with Crippen LogP contribution in [0, 0.1) is 6.85 Å². The monoisotopic (exact) mass is 528 g/mol. The van der Waals surface area contributed by atoms with Crippen LogP contribution in [0.3, 0.4) is 0 Å². The molecular formula is C38H26N2. The Labute approximate surface area is 258 Å². The minimum absolute atomic E-state index is 0.0771. The van der Waals surface area contributed by atoms with Crippen molar-refractivity contribution in [3.8, 4) is 27.9 Å². The highest BCUT2D eigenvalue weighted by atomic mass is 15.1. The number of hydrogen-bond donors (Lipinski definition) is 0. The second-order valence-corrected chi connectivity index (χ2v) is 9.06. The van der Waals surface area contributed by atoms with Gasteiger partial charge in [0.2, 0.25) is 0 Å². The van der Waals surface area contributed by atoms with Gasteiger partial charge in [-0.05, 0) is 85.7 Å². The molecule has 0 N–H and O–H groups in total. The molecule has 188 valence electrons. The zero-order chi connectivity index (χ0) is 42.2. The summed E-state index contributed by atoms with van der Waals surface area (Å²) in [6, 6.07) is 1.98. The molecule has 0 aliphatic carbocycles. The van der Waals surface area contributed by atoms with Crippen LogP contribution in [0.15, 0.2) is 139 Å². The van der Waals surface area contributed by atoms with Crippen LogP contribution in [0.2, 0.25) is 0 Å². The molecule has 0 atom stereocenters. The molecule has 0 amide bonds. The van der Waals surface area contributed by atoms with E-state index in [1.165, 1.54) is 28.8 Å². The Hall–Kier alpha value is -5.21. The van der Waals surface area contributed by atoms with Gasteiger partial charge in [0, 0.05) is 9.80 Å². The average Bonchev–Trinajstić information content (AvgIpc) is 3.61. The van der Waals surface area contributed by atoms with Crippen LogP contribution < -0.4 is 0 Å². The third-order valence-electron chi connectivity index (χ3n) is 6.91. The number of para-hydroxylation sites is 2. The summed E-state index contributed by atoms with van der Waals surface area (Å²) in [5, 5.41) is -2.18. The van der Waals surface area contributed by atoms with Gasteiger partial charge < -0.3 is 0 Å². The van der Waals surface area contributed by atoms with Crippen LogP contribution in [0.4, 0.5) is 0 Å². The molecule has 40 heavy (non-hydrogen) atoms. The summed E-state index contributed by atoms with van der Waals surface area (Å²) in [7, 11) is 0. The van der Waals surface area contributed by atoms with Crippen molar-refractivity contribution in [3.05, 3.63) is 145 Å². The SMILES string of the molecule is [2H]c1c([2H])c([2H])c2c(-c3c4c([2H])c([2H])c([2H])c([2H])c4c(-c4ccc(-n5c(C([2H])([2H])[2H])nc6ccccc65)cc4)c4c([2H])c([2H])c([2H])c([2H])c34)c([2H])c([2H])c([2H])c2c1[2H]. The first-order valence-corrected chi connectivity index (χ1v) is 12.3. The van der Waals surface area contributed by atoms with Gasteiger partial charge in [0.1, 0.15) is 5.82 Å². The minimum atomic E-state index is -2.63. The largest absolute Gasteiger partial charge is 0.297 e. The molecule has 1 heterocycles. The lowest BCUT2D eigenvalue weighted by Crippen LogP contribution is -1.97. The van der Waals surface area contributed by atoms with Gasteiger partial charge in [-0.3, -0.25) is 4.57 Å². The first-order chi connectivity index (χ1) is 27.2. The second kappa shape index (κ2) is 8.93. The summed E-state index contributed by atoms with van der Waals surface area (Å²) in [6.07, 6.45) is 0. The summed E-state index contributed by atoms with van der Waals surface area (Å²) in [6.45, 7) is -2.63. The fourth-order valence-electron chi connectivity index (χ4n) is 5.23. The van der Waals surface area contributed by atoms with Crippen molar-refractivity contribution in [3.63, 3.8) is 0 Å². The maximum atomic E-state index is 9.26. The van der Waals surface area contributed by atoms with Crippen molar-refractivity contribution in [2.45, 2.75) is 6.85 Å². The first-order valence-electron chi connectivity index (χ1n) is 21.3. The van der Waals surface area contributed by atoms with Gasteiger partial charge in [-0.2, -0.15) is 0 Å². The van der Waals surface area contributed by atoms with Crippen molar-refractivity contribution < 1.29 is 24.7 Å². The second-order valence-electron chi connectivity index (χ2n) is 9.06. The molecule has 0 saturated carbocycles. The molecule has 0 spiro atoms. The molecule has 0 aliphatic heterocycles. The quantitative estimate of drug-likeness (QED) is 0.209. The van der Waals surface area contributed by atoms with Gasteiger partial charge in [0.05, 0.1) is 31.6 Å². The van der Waals surface area contributed by atoms with E-state index in [9.17, 15) is 6.85 Å². The molecule has 0 radical (unpaired) electrons. The summed E-state index contributed by atoms with van der Waals surface area (Å²) in [4.78, 5) is 4.35. The van der Waals surface area contributed by atoms with E-state index in [2.05, 4.69) is 4.98 Å². The van der Waals surface area contributed by atoms with Gasteiger partial charge in [-0.1, -0.05) is 115 Å². The zero-order valence-corrected chi connectivity index (χ0v) is 20.5. The predicted molar refractivity (Wildman–Crippen MR) is 169 cm³/mol. The van der Waals surface area contributed by atoms with Crippen molar-refractivity contribution in [2.24, 2.45) is 0 Å².